The van der Waals surface area contributed by atoms with Crippen molar-refractivity contribution in [1.82, 2.24) is 15.2 Å². The van der Waals surface area contributed by atoms with Gasteiger partial charge in [0.2, 0.25) is 0 Å². The number of anilines is 1. The SMILES string of the molecule is O=c1nc2c(n[nH]1)NC(c1ccccc1)=CS2. The first-order valence-corrected chi connectivity index (χ1v) is 5.87. The quantitative estimate of drug-likeness (QED) is 0.798. The number of benzene rings is 1. The van der Waals surface area contributed by atoms with E-state index in [0.29, 0.717) is 10.8 Å². The van der Waals surface area contributed by atoms with E-state index < -0.39 is 5.69 Å². The Labute approximate surface area is 101 Å². The molecule has 0 saturated carbocycles. The van der Waals surface area contributed by atoms with Crippen LogP contribution in [0.25, 0.3) is 5.70 Å². The maximum atomic E-state index is 11.0. The predicted octanol–water partition coefficient (Wildman–Crippen LogP) is 1.68. The van der Waals surface area contributed by atoms with Crippen LogP contribution in [0, 0.1) is 0 Å². The molecule has 2 aromatic rings. The molecule has 84 valence electrons. The van der Waals surface area contributed by atoms with E-state index in [1.54, 1.807) is 0 Å². The number of nitrogens with zero attached hydrogens (tertiary/aromatic N) is 2. The van der Waals surface area contributed by atoms with Gasteiger partial charge in [-0.1, -0.05) is 42.1 Å². The lowest BCUT2D eigenvalue weighted by Gasteiger charge is -2.15. The Morgan fingerprint density at radius 1 is 1.18 bits per heavy atom. The standard InChI is InChI=1S/C11H8N4OS/c16-11-13-10-9(14-15-11)12-8(6-17-10)7-4-2-1-3-5-7/h1-6H,(H,12,14)(H,13,15,16). The molecule has 1 aromatic carbocycles. The van der Waals surface area contributed by atoms with E-state index in [-0.39, 0.29) is 0 Å². The van der Waals surface area contributed by atoms with Gasteiger partial charge in [-0.15, -0.1) is 0 Å². The lowest BCUT2D eigenvalue weighted by Crippen LogP contribution is -2.17. The maximum absolute atomic E-state index is 11.0. The topological polar surface area (TPSA) is 70.7 Å². The Balaban J connectivity index is 1.97. The second-order valence-electron chi connectivity index (χ2n) is 3.43. The summed E-state index contributed by atoms with van der Waals surface area (Å²) in [5.41, 5.74) is 1.58. The zero-order chi connectivity index (χ0) is 11.7. The summed E-state index contributed by atoms with van der Waals surface area (Å²) in [7, 11) is 0. The molecule has 0 aliphatic carbocycles. The van der Waals surface area contributed by atoms with Gasteiger partial charge in [-0.05, 0) is 5.56 Å². The molecule has 1 aromatic heterocycles. The van der Waals surface area contributed by atoms with Crippen molar-refractivity contribution in [1.29, 1.82) is 0 Å². The van der Waals surface area contributed by atoms with Crippen LogP contribution < -0.4 is 11.0 Å². The second-order valence-corrected chi connectivity index (χ2v) is 4.29. The second kappa shape index (κ2) is 4.06. The number of rotatable bonds is 1. The molecule has 6 heteroatoms. The highest BCUT2D eigenvalue weighted by atomic mass is 32.2. The van der Waals surface area contributed by atoms with Crippen molar-refractivity contribution in [2.45, 2.75) is 5.03 Å². The van der Waals surface area contributed by atoms with Crippen molar-refractivity contribution < 1.29 is 0 Å². The molecule has 2 heterocycles. The Morgan fingerprint density at radius 2 is 2.00 bits per heavy atom. The van der Waals surface area contributed by atoms with Crippen molar-refractivity contribution in [3.8, 4) is 0 Å². The van der Waals surface area contributed by atoms with Crippen LogP contribution in [0.5, 0.6) is 0 Å². The molecular weight excluding hydrogens is 236 g/mol. The smallest absolute Gasteiger partial charge is 0.336 e. The van der Waals surface area contributed by atoms with Crippen LogP contribution in [0.15, 0.2) is 45.6 Å². The summed E-state index contributed by atoms with van der Waals surface area (Å²) >= 11 is 1.39. The first kappa shape index (κ1) is 10.1. The predicted molar refractivity (Wildman–Crippen MR) is 66.6 cm³/mol. The molecule has 0 spiro atoms. The minimum absolute atomic E-state index is 0.436. The Kier molecular flexibility index (Phi) is 2.41. The highest BCUT2D eigenvalue weighted by Gasteiger charge is 2.15. The monoisotopic (exact) mass is 244 g/mol. The lowest BCUT2D eigenvalue weighted by atomic mass is 10.2. The molecule has 2 N–H and O–H groups in total. The molecule has 0 fully saturated rings. The van der Waals surface area contributed by atoms with Crippen LogP contribution >= 0.6 is 11.8 Å². The van der Waals surface area contributed by atoms with Gasteiger partial charge in [-0.25, -0.2) is 9.89 Å². The van der Waals surface area contributed by atoms with Crippen LogP contribution in [0.4, 0.5) is 5.82 Å². The first-order chi connectivity index (χ1) is 8.33. The van der Waals surface area contributed by atoms with E-state index in [9.17, 15) is 4.79 Å². The summed E-state index contributed by atoms with van der Waals surface area (Å²) in [5.74, 6) is 0.580. The fourth-order valence-corrected chi connectivity index (χ4v) is 2.28. The number of hydrogen-bond acceptors (Lipinski definition) is 5. The first-order valence-electron chi connectivity index (χ1n) is 4.99. The number of hydrogen-bond donors (Lipinski definition) is 2. The summed E-state index contributed by atoms with van der Waals surface area (Å²) < 4.78 is 0. The summed E-state index contributed by atoms with van der Waals surface area (Å²) in [4.78, 5) is 14.8. The number of H-pyrrole nitrogens is 1. The average molecular weight is 244 g/mol. The molecule has 3 rings (SSSR count). The van der Waals surface area contributed by atoms with Gasteiger partial charge < -0.3 is 5.32 Å². The van der Waals surface area contributed by atoms with Gasteiger partial charge in [-0.3, -0.25) is 0 Å². The van der Waals surface area contributed by atoms with E-state index in [1.165, 1.54) is 11.8 Å². The summed E-state index contributed by atoms with van der Waals surface area (Å²) in [5, 5.41) is 11.9. The van der Waals surface area contributed by atoms with E-state index in [4.69, 9.17) is 0 Å². The molecular formula is C11H8N4OS. The molecule has 0 amide bonds. The molecule has 0 atom stereocenters. The van der Waals surface area contributed by atoms with E-state index in [2.05, 4.69) is 20.5 Å². The molecule has 0 bridgehead atoms. The minimum atomic E-state index is -0.436. The van der Waals surface area contributed by atoms with Gasteiger partial charge in [0.15, 0.2) is 10.8 Å². The van der Waals surface area contributed by atoms with Crippen LogP contribution in [-0.4, -0.2) is 15.2 Å². The van der Waals surface area contributed by atoms with Crippen molar-refractivity contribution in [2.24, 2.45) is 0 Å². The highest BCUT2D eigenvalue weighted by molar-refractivity contribution is 8.02. The molecule has 1 aliphatic rings. The van der Waals surface area contributed by atoms with Crippen LogP contribution in [0.2, 0.25) is 0 Å². The fourth-order valence-electron chi connectivity index (χ4n) is 1.51. The summed E-state index contributed by atoms with van der Waals surface area (Å²) in [6.07, 6.45) is 0. The molecule has 0 radical (unpaired) electrons. The summed E-state index contributed by atoms with van der Waals surface area (Å²) in [6.45, 7) is 0. The van der Waals surface area contributed by atoms with Gasteiger partial charge in [0.1, 0.15) is 0 Å². The zero-order valence-electron chi connectivity index (χ0n) is 8.68. The Hall–Kier alpha value is -2.08. The van der Waals surface area contributed by atoms with Gasteiger partial charge in [-0.2, -0.15) is 10.1 Å². The number of fused-ring (bicyclic) bond motifs is 1. The van der Waals surface area contributed by atoms with Gasteiger partial charge in [0.05, 0.1) is 5.70 Å². The van der Waals surface area contributed by atoms with Gasteiger partial charge >= 0.3 is 5.69 Å². The molecule has 0 saturated heterocycles. The molecule has 5 nitrogen and oxygen atoms in total. The van der Waals surface area contributed by atoms with E-state index in [0.717, 1.165) is 11.3 Å². The third kappa shape index (κ3) is 1.94. The van der Waals surface area contributed by atoms with Crippen LogP contribution in [-0.2, 0) is 0 Å². The average Bonchev–Trinajstić information content (AvgIpc) is 2.39. The zero-order valence-corrected chi connectivity index (χ0v) is 9.49. The Morgan fingerprint density at radius 3 is 2.82 bits per heavy atom. The van der Waals surface area contributed by atoms with Crippen molar-refractivity contribution in [3.05, 3.63) is 51.8 Å². The summed E-state index contributed by atoms with van der Waals surface area (Å²) in [6, 6.07) is 9.91. The minimum Gasteiger partial charge on any atom is -0.336 e. The largest absolute Gasteiger partial charge is 0.362 e. The van der Waals surface area contributed by atoms with Crippen molar-refractivity contribution in [3.63, 3.8) is 0 Å². The normalized spacial score (nSPS) is 13.5. The van der Waals surface area contributed by atoms with Crippen molar-refractivity contribution in [2.75, 3.05) is 5.32 Å². The van der Waals surface area contributed by atoms with E-state index in [1.807, 2.05) is 35.7 Å². The van der Waals surface area contributed by atoms with Gasteiger partial charge in [0.25, 0.3) is 0 Å². The molecule has 1 aliphatic heterocycles. The van der Waals surface area contributed by atoms with E-state index >= 15 is 0 Å². The number of nitrogens with one attached hydrogen (secondary N) is 2. The van der Waals surface area contributed by atoms with Crippen LogP contribution in [0.1, 0.15) is 5.56 Å². The third-order valence-corrected chi connectivity index (χ3v) is 3.16. The number of aromatic nitrogens is 3. The van der Waals surface area contributed by atoms with Gasteiger partial charge in [0, 0.05) is 5.41 Å². The fraction of sp³-hybridized carbons (Fsp3) is 0. The maximum Gasteiger partial charge on any atom is 0.362 e. The number of aromatic amines is 1. The molecule has 0 unspecified atom stereocenters. The van der Waals surface area contributed by atoms with Crippen LogP contribution in [0.3, 0.4) is 0 Å². The molecule has 17 heavy (non-hydrogen) atoms. The Bertz CT molecular complexity index is 635. The van der Waals surface area contributed by atoms with Crippen molar-refractivity contribution >= 4 is 23.3 Å². The highest BCUT2D eigenvalue weighted by Crippen LogP contribution is 2.32. The lowest BCUT2D eigenvalue weighted by molar-refractivity contribution is 0.862. The third-order valence-electron chi connectivity index (χ3n) is 2.30. The number of thioether (sulfide) groups is 1.